The van der Waals surface area contributed by atoms with Gasteiger partial charge in [-0.2, -0.15) is 0 Å². The Morgan fingerprint density at radius 1 is 1.19 bits per heavy atom. The summed E-state index contributed by atoms with van der Waals surface area (Å²) in [4.78, 5) is 0. The largest absolute Gasteiger partial charge is 0.508 e. The van der Waals surface area contributed by atoms with Gasteiger partial charge in [-0.3, -0.25) is 0 Å². The van der Waals surface area contributed by atoms with Gasteiger partial charge in [-0.25, -0.2) is 0 Å². The number of rotatable bonds is 0. The minimum Gasteiger partial charge on any atom is -0.508 e. The monoisotopic (exact) mass is 218 g/mol. The molecule has 3 rings (SSSR count). The second kappa shape index (κ2) is 3.49. The third-order valence-electron chi connectivity index (χ3n) is 4.49. The van der Waals surface area contributed by atoms with Crippen LogP contribution in [0.2, 0.25) is 0 Å². The second-order valence-corrected chi connectivity index (χ2v) is 5.22. The number of benzene rings is 1. The first-order valence-corrected chi connectivity index (χ1v) is 6.23. The number of fused-ring (bicyclic) bond motifs is 2. The van der Waals surface area contributed by atoms with Crippen LogP contribution in [-0.4, -0.2) is 16.3 Å². The van der Waals surface area contributed by atoms with E-state index in [2.05, 4.69) is 6.07 Å². The van der Waals surface area contributed by atoms with Crippen LogP contribution in [-0.2, 0) is 11.8 Å². The molecule has 0 saturated heterocycles. The molecule has 16 heavy (non-hydrogen) atoms. The van der Waals surface area contributed by atoms with E-state index >= 15 is 0 Å². The van der Waals surface area contributed by atoms with Crippen LogP contribution in [0.5, 0.6) is 5.75 Å². The molecule has 0 heterocycles. The summed E-state index contributed by atoms with van der Waals surface area (Å²) in [7, 11) is 0. The summed E-state index contributed by atoms with van der Waals surface area (Å²) in [5, 5.41) is 20.2. The predicted octanol–water partition coefficient (Wildman–Crippen LogP) is 2.51. The molecule has 2 nitrogen and oxygen atoms in total. The molecule has 2 N–H and O–H groups in total. The molecule has 1 fully saturated rings. The molecule has 0 aliphatic heterocycles. The molecule has 1 aromatic carbocycles. The van der Waals surface area contributed by atoms with Crippen molar-refractivity contribution in [2.75, 3.05) is 0 Å². The van der Waals surface area contributed by atoms with Crippen molar-refractivity contribution in [1.29, 1.82) is 0 Å². The van der Waals surface area contributed by atoms with E-state index in [-0.39, 0.29) is 11.5 Å². The Hall–Kier alpha value is -1.02. The Morgan fingerprint density at radius 2 is 1.94 bits per heavy atom. The first kappa shape index (κ1) is 10.2. The van der Waals surface area contributed by atoms with Crippen molar-refractivity contribution in [2.24, 2.45) is 0 Å². The lowest BCUT2D eigenvalue weighted by Crippen LogP contribution is -2.41. The van der Waals surface area contributed by atoms with Crippen LogP contribution in [0.25, 0.3) is 0 Å². The van der Waals surface area contributed by atoms with E-state index in [0.29, 0.717) is 5.75 Å². The van der Waals surface area contributed by atoms with Gasteiger partial charge in [-0.1, -0.05) is 25.0 Å². The maximum Gasteiger partial charge on any atom is 0.119 e. The van der Waals surface area contributed by atoms with E-state index in [1.54, 1.807) is 6.07 Å². The average Bonchev–Trinajstić information content (AvgIpc) is 2.75. The Kier molecular flexibility index (Phi) is 2.21. The fourth-order valence-corrected chi connectivity index (χ4v) is 3.65. The highest BCUT2D eigenvalue weighted by Crippen LogP contribution is 2.50. The van der Waals surface area contributed by atoms with Gasteiger partial charge in [0, 0.05) is 5.41 Å². The van der Waals surface area contributed by atoms with Crippen molar-refractivity contribution >= 4 is 0 Å². The molecular formula is C14H18O2. The summed E-state index contributed by atoms with van der Waals surface area (Å²) in [6.45, 7) is 0. The zero-order chi connectivity index (χ0) is 11.2. The van der Waals surface area contributed by atoms with Crippen molar-refractivity contribution in [3.8, 4) is 5.75 Å². The van der Waals surface area contributed by atoms with E-state index in [0.717, 1.165) is 31.2 Å². The first-order valence-electron chi connectivity index (χ1n) is 6.23. The van der Waals surface area contributed by atoms with E-state index in [4.69, 9.17) is 0 Å². The molecule has 1 saturated carbocycles. The van der Waals surface area contributed by atoms with Crippen LogP contribution in [0.1, 0.15) is 43.2 Å². The third-order valence-corrected chi connectivity index (χ3v) is 4.49. The molecule has 1 aromatic rings. The lowest BCUT2D eigenvalue weighted by molar-refractivity contribution is 0.0656. The van der Waals surface area contributed by atoms with Crippen LogP contribution in [0.4, 0.5) is 0 Å². The van der Waals surface area contributed by atoms with E-state index in [9.17, 15) is 10.2 Å². The highest BCUT2D eigenvalue weighted by Gasteiger charge is 2.45. The predicted molar refractivity (Wildman–Crippen MR) is 62.6 cm³/mol. The highest BCUT2D eigenvalue weighted by molar-refractivity contribution is 5.46. The molecule has 0 aromatic heterocycles. The summed E-state index contributed by atoms with van der Waals surface area (Å²) < 4.78 is 0. The van der Waals surface area contributed by atoms with Gasteiger partial charge in [0.05, 0.1) is 6.10 Å². The normalized spacial score (nSPS) is 26.9. The van der Waals surface area contributed by atoms with Crippen LogP contribution in [0.15, 0.2) is 18.2 Å². The standard InChI is InChI=1S/C14H18O2/c15-12-5-3-4-11-10(12)6-7-13(16)14(11)8-1-2-9-14/h3-5,13,15-16H,1-2,6-9H2. The van der Waals surface area contributed by atoms with Crippen molar-refractivity contribution in [2.45, 2.75) is 50.0 Å². The number of phenolic OH excluding ortho intramolecular Hbond substituents is 1. The quantitative estimate of drug-likeness (QED) is 0.702. The number of phenols is 1. The maximum atomic E-state index is 10.3. The molecule has 1 spiro atoms. The zero-order valence-corrected chi connectivity index (χ0v) is 9.45. The van der Waals surface area contributed by atoms with E-state index < -0.39 is 0 Å². The third kappa shape index (κ3) is 1.23. The Bertz CT molecular complexity index is 405. The number of hydrogen-bond donors (Lipinski definition) is 2. The van der Waals surface area contributed by atoms with Crippen LogP contribution >= 0.6 is 0 Å². The fourth-order valence-electron chi connectivity index (χ4n) is 3.65. The molecule has 2 aliphatic rings. The lowest BCUT2D eigenvalue weighted by Gasteiger charge is -2.40. The van der Waals surface area contributed by atoms with Crippen molar-refractivity contribution in [3.63, 3.8) is 0 Å². The average molecular weight is 218 g/mol. The van der Waals surface area contributed by atoms with Gasteiger partial charge >= 0.3 is 0 Å². The molecule has 2 aliphatic carbocycles. The fraction of sp³-hybridized carbons (Fsp3) is 0.571. The van der Waals surface area contributed by atoms with Crippen LogP contribution in [0.3, 0.4) is 0 Å². The molecule has 0 amide bonds. The van der Waals surface area contributed by atoms with Gasteiger partial charge in [0.15, 0.2) is 0 Å². The molecule has 1 atom stereocenters. The van der Waals surface area contributed by atoms with Gasteiger partial charge in [-0.15, -0.1) is 0 Å². The van der Waals surface area contributed by atoms with Gasteiger partial charge in [0.1, 0.15) is 5.75 Å². The van der Waals surface area contributed by atoms with Crippen LogP contribution in [0, 0.1) is 0 Å². The molecular weight excluding hydrogens is 200 g/mol. The van der Waals surface area contributed by atoms with Crippen LogP contribution < -0.4 is 0 Å². The van der Waals surface area contributed by atoms with Gasteiger partial charge in [0.25, 0.3) is 0 Å². The summed E-state index contributed by atoms with van der Waals surface area (Å²) in [5.74, 6) is 0.413. The first-order chi connectivity index (χ1) is 7.74. The van der Waals surface area contributed by atoms with Gasteiger partial charge in [-0.05, 0) is 42.9 Å². The van der Waals surface area contributed by atoms with Gasteiger partial charge in [0.2, 0.25) is 0 Å². The summed E-state index contributed by atoms with van der Waals surface area (Å²) in [5.41, 5.74) is 2.24. The SMILES string of the molecule is Oc1cccc2c1CCC(O)C21CCCC1. The number of aromatic hydroxyl groups is 1. The molecule has 1 unspecified atom stereocenters. The number of aliphatic hydroxyl groups excluding tert-OH is 1. The van der Waals surface area contributed by atoms with Crippen molar-refractivity contribution in [3.05, 3.63) is 29.3 Å². The zero-order valence-electron chi connectivity index (χ0n) is 9.45. The summed E-state index contributed by atoms with van der Waals surface area (Å²) in [6.07, 6.45) is 5.94. The number of aliphatic hydroxyl groups is 1. The Morgan fingerprint density at radius 3 is 2.69 bits per heavy atom. The van der Waals surface area contributed by atoms with E-state index in [1.807, 2.05) is 6.07 Å². The minimum atomic E-state index is -0.218. The molecule has 0 radical (unpaired) electrons. The summed E-state index contributed by atoms with van der Waals surface area (Å²) in [6, 6.07) is 5.77. The Labute approximate surface area is 95.9 Å². The minimum absolute atomic E-state index is 0.0493. The van der Waals surface area contributed by atoms with E-state index in [1.165, 1.54) is 18.4 Å². The highest BCUT2D eigenvalue weighted by atomic mass is 16.3. The number of hydrogen-bond acceptors (Lipinski definition) is 2. The molecule has 86 valence electrons. The Balaban J connectivity index is 2.17. The van der Waals surface area contributed by atoms with Crippen molar-refractivity contribution < 1.29 is 10.2 Å². The summed E-state index contributed by atoms with van der Waals surface area (Å²) >= 11 is 0. The second-order valence-electron chi connectivity index (χ2n) is 5.22. The van der Waals surface area contributed by atoms with Gasteiger partial charge < -0.3 is 10.2 Å². The topological polar surface area (TPSA) is 40.5 Å². The molecule has 2 heteroatoms. The van der Waals surface area contributed by atoms with Crippen molar-refractivity contribution in [1.82, 2.24) is 0 Å². The smallest absolute Gasteiger partial charge is 0.119 e. The molecule has 0 bridgehead atoms. The maximum absolute atomic E-state index is 10.3. The lowest BCUT2D eigenvalue weighted by atomic mass is 9.67.